The lowest BCUT2D eigenvalue weighted by molar-refractivity contribution is -0.255. The van der Waals surface area contributed by atoms with E-state index >= 15 is 0 Å². The standard InChI is InChI=1S/C14H13NO5S/c1-20-12-5-7-13(8-6-12)21(18,19)15-11-4-2-3-10(9-11)14(16)17/h2-9,15H,1H3,(H,16,17)/p-1. The lowest BCUT2D eigenvalue weighted by atomic mass is 10.2. The summed E-state index contributed by atoms with van der Waals surface area (Å²) in [6, 6.07) is 11.2. The van der Waals surface area contributed by atoms with Crippen LogP contribution in [0, 0.1) is 0 Å². The van der Waals surface area contributed by atoms with Crippen LogP contribution in [-0.2, 0) is 10.0 Å². The van der Waals surface area contributed by atoms with Crippen LogP contribution in [0.15, 0.2) is 53.4 Å². The minimum atomic E-state index is -3.80. The van der Waals surface area contributed by atoms with Gasteiger partial charge in [-0.25, -0.2) is 8.42 Å². The van der Waals surface area contributed by atoms with Crippen molar-refractivity contribution in [3.63, 3.8) is 0 Å². The van der Waals surface area contributed by atoms with Crippen molar-refractivity contribution in [2.75, 3.05) is 11.8 Å². The van der Waals surface area contributed by atoms with Gasteiger partial charge in [-0.1, -0.05) is 12.1 Å². The Labute approximate surface area is 122 Å². The normalized spacial score (nSPS) is 10.9. The Morgan fingerprint density at radius 3 is 2.38 bits per heavy atom. The van der Waals surface area contributed by atoms with Gasteiger partial charge in [-0.2, -0.15) is 0 Å². The lowest BCUT2D eigenvalue weighted by Gasteiger charge is -2.10. The highest BCUT2D eigenvalue weighted by Gasteiger charge is 2.14. The molecule has 0 amide bonds. The average molecular weight is 306 g/mol. The monoisotopic (exact) mass is 306 g/mol. The van der Waals surface area contributed by atoms with E-state index in [-0.39, 0.29) is 16.1 Å². The molecule has 0 spiro atoms. The molecule has 1 N–H and O–H groups in total. The van der Waals surface area contributed by atoms with Gasteiger partial charge in [-0.15, -0.1) is 0 Å². The molecule has 0 radical (unpaired) electrons. The van der Waals surface area contributed by atoms with Gasteiger partial charge in [0.1, 0.15) is 5.75 Å². The van der Waals surface area contributed by atoms with Crippen molar-refractivity contribution in [3.8, 4) is 5.75 Å². The molecule has 2 aromatic rings. The number of methoxy groups -OCH3 is 1. The highest BCUT2D eigenvalue weighted by Crippen LogP contribution is 2.19. The van der Waals surface area contributed by atoms with E-state index in [2.05, 4.69) is 4.72 Å². The first kappa shape index (κ1) is 14.9. The van der Waals surface area contributed by atoms with Crippen LogP contribution in [0.3, 0.4) is 0 Å². The molecule has 0 saturated carbocycles. The first-order chi connectivity index (χ1) is 9.92. The van der Waals surface area contributed by atoms with Gasteiger partial charge in [0.2, 0.25) is 0 Å². The summed E-state index contributed by atoms with van der Waals surface area (Å²) in [5.74, 6) is -0.839. The fourth-order valence-corrected chi connectivity index (χ4v) is 2.73. The van der Waals surface area contributed by atoms with E-state index < -0.39 is 16.0 Å². The molecule has 7 heteroatoms. The summed E-state index contributed by atoms with van der Waals surface area (Å²) < 4.78 is 31.6. The van der Waals surface area contributed by atoms with Gasteiger partial charge in [0.05, 0.1) is 18.0 Å². The van der Waals surface area contributed by atoms with Crippen LogP contribution in [0.1, 0.15) is 10.4 Å². The second kappa shape index (κ2) is 5.84. The number of nitrogens with one attached hydrogen (secondary N) is 1. The van der Waals surface area contributed by atoms with Gasteiger partial charge >= 0.3 is 0 Å². The summed E-state index contributed by atoms with van der Waals surface area (Å²) >= 11 is 0. The SMILES string of the molecule is COc1ccc(S(=O)(=O)Nc2cccc(C(=O)[O-])c2)cc1. The van der Waals surface area contributed by atoms with Crippen LogP contribution in [0.4, 0.5) is 5.69 Å². The summed E-state index contributed by atoms with van der Waals surface area (Å²) in [6.07, 6.45) is 0. The van der Waals surface area contributed by atoms with Gasteiger partial charge in [0.25, 0.3) is 10.0 Å². The number of hydrogen-bond donors (Lipinski definition) is 1. The number of carboxylic acids is 1. The minimum Gasteiger partial charge on any atom is -0.545 e. The quantitative estimate of drug-likeness (QED) is 0.884. The van der Waals surface area contributed by atoms with E-state index in [4.69, 9.17) is 4.74 Å². The summed E-state index contributed by atoms with van der Waals surface area (Å²) in [5.41, 5.74) is 0.0393. The Bertz CT molecular complexity index is 753. The number of rotatable bonds is 5. The molecule has 2 rings (SSSR count). The smallest absolute Gasteiger partial charge is 0.261 e. The van der Waals surface area contributed by atoms with Gasteiger partial charge in [-0.3, -0.25) is 4.72 Å². The number of hydrogen-bond acceptors (Lipinski definition) is 5. The second-order valence-corrected chi connectivity index (χ2v) is 5.83. The van der Waals surface area contributed by atoms with Crippen LogP contribution in [0.5, 0.6) is 5.75 Å². The lowest BCUT2D eigenvalue weighted by Crippen LogP contribution is -2.22. The number of benzene rings is 2. The molecule has 0 heterocycles. The highest BCUT2D eigenvalue weighted by atomic mass is 32.2. The Hall–Kier alpha value is -2.54. The number of aromatic carboxylic acids is 1. The minimum absolute atomic E-state index is 0.0437. The maximum atomic E-state index is 12.2. The van der Waals surface area contributed by atoms with E-state index in [0.29, 0.717) is 5.75 Å². The van der Waals surface area contributed by atoms with E-state index in [1.807, 2.05) is 0 Å². The zero-order valence-electron chi connectivity index (χ0n) is 11.1. The highest BCUT2D eigenvalue weighted by molar-refractivity contribution is 7.92. The molecular formula is C14H12NO5S-. The van der Waals surface area contributed by atoms with Crippen LogP contribution in [0.25, 0.3) is 0 Å². The first-order valence-corrected chi connectivity index (χ1v) is 7.39. The Balaban J connectivity index is 2.28. The molecule has 110 valence electrons. The molecule has 0 saturated heterocycles. The molecule has 0 atom stereocenters. The molecule has 0 unspecified atom stereocenters. The third kappa shape index (κ3) is 3.51. The Kier molecular flexibility index (Phi) is 4.13. The molecule has 21 heavy (non-hydrogen) atoms. The van der Waals surface area contributed by atoms with Crippen molar-refractivity contribution >= 4 is 21.7 Å². The Morgan fingerprint density at radius 1 is 1.14 bits per heavy atom. The predicted molar refractivity (Wildman–Crippen MR) is 74.6 cm³/mol. The molecule has 0 fully saturated rings. The number of carboxylic acid groups (broad SMARTS) is 1. The van der Waals surface area contributed by atoms with E-state index in [9.17, 15) is 18.3 Å². The average Bonchev–Trinajstić information content (AvgIpc) is 2.47. The fraction of sp³-hybridized carbons (Fsp3) is 0.0714. The number of sulfonamides is 1. The van der Waals surface area contributed by atoms with Gasteiger partial charge in [-0.05, 0) is 42.0 Å². The summed E-state index contributed by atoms with van der Waals surface area (Å²) in [5, 5.41) is 10.8. The van der Waals surface area contributed by atoms with Crippen molar-refractivity contribution < 1.29 is 23.1 Å². The van der Waals surface area contributed by atoms with E-state index in [1.54, 1.807) is 0 Å². The van der Waals surface area contributed by atoms with Gasteiger partial charge in [0.15, 0.2) is 0 Å². The molecular weight excluding hydrogens is 294 g/mol. The molecule has 0 aliphatic carbocycles. The third-order valence-electron chi connectivity index (χ3n) is 2.72. The zero-order valence-corrected chi connectivity index (χ0v) is 11.9. The van der Waals surface area contributed by atoms with Crippen LogP contribution in [-0.4, -0.2) is 21.5 Å². The van der Waals surface area contributed by atoms with Crippen LogP contribution >= 0.6 is 0 Å². The van der Waals surface area contributed by atoms with Crippen molar-refractivity contribution in [2.24, 2.45) is 0 Å². The fourth-order valence-electron chi connectivity index (χ4n) is 1.68. The number of carbonyl (C=O) groups excluding carboxylic acids is 1. The van der Waals surface area contributed by atoms with Crippen molar-refractivity contribution in [2.45, 2.75) is 4.90 Å². The number of ether oxygens (including phenoxy) is 1. The predicted octanol–water partition coefficient (Wildman–Crippen LogP) is 0.859. The van der Waals surface area contributed by atoms with Gasteiger partial charge in [0, 0.05) is 5.69 Å². The molecule has 0 aliphatic rings. The first-order valence-electron chi connectivity index (χ1n) is 5.90. The summed E-state index contributed by atoms with van der Waals surface area (Å²) in [6.45, 7) is 0. The van der Waals surface area contributed by atoms with Gasteiger partial charge < -0.3 is 14.6 Å². The number of carbonyl (C=O) groups is 1. The largest absolute Gasteiger partial charge is 0.545 e. The summed E-state index contributed by atoms with van der Waals surface area (Å²) in [7, 11) is -2.32. The maximum Gasteiger partial charge on any atom is 0.261 e. The topological polar surface area (TPSA) is 95.5 Å². The zero-order chi connectivity index (χ0) is 15.5. The molecule has 2 aromatic carbocycles. The molecule has 0 aromatic heterocycles. The van der Waals surface area contributed by atoms with E-state index in [1.165, 1.54) is 55.6 Å². The van der Waals surface area contributed by atoms with Crippen molar-refractivity contribution in [1.29, 1.82) is 0 Å². The van der Waals surface area contributed by atoms with E-state index in [0.717, 1.165) is 0 Å². The molecule has 0 aliphatic heterocycles. The Morgan fingerprint density at radius 2 is 1.81 bits per heavy atom. The van der Waals surface area contributed by atoms with Crippen molar-refractivity contribution in [1.82, 2.24) is 0 Å². The maximum absolute atomic E-state index is 12.2. The van der Waals surface area contributed by atoms with Crippen molar-refractivity contribution in [3.05, 3.63) is 54.1 Å². The van der Waals surface area contributed by atoms with Crippen LogP contribution < -0.4 is 14.6 Å². The summed E-state index contributed by atoms with van der Waals surface area (Å²) in [4.78, 5) is 10.8. The third-order valence-corrected chi connectivity index (χ3v) is 4.12. The number of anilines is 1. The second-order valence-electron chi connectivity index (χ2n) is 4.15. The molecule has 0 bridgehead atoms. The van der Waals surface area contributed by atoms with Crippen LogP contribution in [0.2, 0.25) is 0 Å². The molecule has 6 nitrogen and oxygen atoms in total.